The van der Waals surface area contributed by atoms with Gasteiger partial charge in [0.1, 0.15) is 11.5 Å². The number of nitrogens with one attached hydrogen (secondary N) is 1. The van der Waals surface area contributed by atoms with E-state index >= 15 is 0 Å². The van der Waals surface area contributed by atoms with Gasteiger partial charge >= 0.3 is 0 Å². The van der Waals surface area contributed by atoms with Crippen LogP contribution in [0.25, 0.3) is 0 Å². The standard InChI is InChI=1S/C14H21NO3/c1-14(9-16,15-11-4-2-3-5-11)10-6-12(17)8-13(18)7-10/h6-8,11,15-18H,2-5,9H2,1H3. The number of phenolic OH excluding ortho intramolecular Hbond substituents is 2. The van der Waals surface area contributed by atoms with Crippen LogP contribution in [0.4, 0.5) is 0 Å². The number of aliphatic hydroxyl groups is 1. The molecule has 4 heteroatoms. The number of phenols is 2. The predicted molar refractivity (Wildman–Crippen MR) is 69.6 cm³/mol. The van der Waals surface area contributed by atoms with Gasteiger partial charge in [-0.25, -0.2) is 0 Å². The summed E-state index contributed by atoms with van der Waals surface area (Å²) >= 11 is 0. The minimum Gasteiger partial charge on any atom is -0.508 e. The van der Waals surface area contributed by atoms with Gasteiger partial charge in [0, 0.05) is 12.1 Å². The molecule has 1 saturated carbocycles. The molecule has 0 saturated heterocycles. The molecule has 1 atom stereocenters. The summed E-state index contributed by atoms with van der Waals surface area (Å²) in [6.45, 7) is 1.81. The Hall–Kier alpha value is -1.26. The van der Waals surface area contributed by atoms with E-state index in [1.165, 1.54) is 18.9 Å². The Morgan fingerprint density at radius 3 is 2.22 bits per heavy atom. The van der Waals surface area contributed by atoms with Crippen LogP contribution in [0.3, 0.4) is 0 Å². The van der Waals surface area contributed by atoms with Crippen LogP contribution in [-0.2, 0) is 5.54 Å². The number of hydrogen-bond acceptors (Lipinski definition) is 4. The molecule has 0 heterocycles. The molecular formula is C14H21NO3. The van der Waals surface area contributed by atoms with Gasteiger partial charge in [0.2, 0.25) is 0 Å². The van der Waals surface area contributed by atoms with E-state index in [1.807, 2.05) is 6.92 Å². The van der Waals surface area contributed by atoms with Crippen molar-refractivity contribution >= 4 is 0 Å². The second-order valence-corrected chi connectivity index (χ2v) is 5.35. The summed E-state index contributed by atoms with van der Waals surface area (Å²) in [6, 6.07) is 4.85. The molecule has 0 spiro atoms. The summed E-state index contributed by atoms with van der Waals surface area (Å²) < 4.78 is 0. The average Bonchev–Trinajstić information content (AvgIpc) is 2.80. The van der Waals surface area contributed by atoms with E-state index in [9.17, 15) is 15.3 Å². The first-order valence-electron chi connectivity index (χ1n) is 6.45. The van der Waals surface area contributed by atoms with E-state index in [-0.39, 0.29) is 18.1 Å². The summed E-state index contributed by atoms with van der Waals surface area (Å²) in [4.78, 5) is 0. The monoisotopic (exact) mass is 251 g/mol. The summed E-state index contributed by atoms with van der Waals surface area (Å²) in [5, 5.41) is 32.2. The van der Waals surface area contributed by atoms with E-state index in [2.05, 4.69) is 5.32 Å². The van der Waals surface area contributed by atoms with Gasteiger partial charge < -0.3 is 20.6 Å². The van der Waals surface area contributed by atoms with Crippen molar-refractivity contribution in [3.63, 3.8) is 0 Å². The van der Waals surface area contributed by atoms with E-state index in [0.717, 1.165) is 12.8 Å². The number of rotatable bonds is 4. The Kier molecular flexibility index (Phi) is 3.78. The molecule has 1 aliphatic carbocycles. The third kappa shape index (κ3) is 2.76. The molecule has 0 aromatic heterocycles. The highest BCUT2D eigenvalue weighted by Gasteiger charge is 2.30. The lowest BCUT2D eigenvalue weighted by atomic mass is 9.91. The first-order valence-corrected chi connectivity index (χ1v) is 6.45. The van der Waals surface area contributed by atoms with Crippen LogP contribution in [-0.4, -0.2) is 28.0 Å². The van der Waals surface area contributed by atoms with Gasteiger partial charge in [-0.2, -0.15) is 0 Å². The lowest BCUT2D eigenvalue weighted by Gasteiger charge is -2.33. The maximum atomic E-state index is 9.66. The summed E-state index contributed by atoms with van der Waals surface area (Å²) in [5.74, 6) is 0.0239. The first kappa shape index (κ1) is 13.2. The Labute approximate surface area is 107 Å². The van der Waals surface area contributed by atoms with Crippen LogP contribution in [0.15, 0.2) is 18.2 Å². The normalized spacial score (nSPS) is 19.9. The first-order chi connectivity index (χ1) is 8.53. The second-order valence-electron chi connectivity index (χ2n) is 5.35. The van der Waals surface area contributed by atoms with Crippen LogP contribution in [0.5, 0.6) is 11.5 Å². The second kappa shape index (κ2) is 5.16. The van der Waals surface area contributed by atoms with E-state index in [4.69, 9.17) is 0 Å². The molecule has 18 heavy (non-hydrogen) atoms. The predicted octanol–water partition coefficient (Wildman–Crippen LogP) is 1.84. The molecule has 1 aromatic rings. The third-order valence-electron chi connectivity index (χ3n) is 3.73. The summed E-state index contributed by atoms with van der Waals surface area (Å²) in [6.07, 6.45) is 4.65. The van der Waals surface area contributed by atoms with E-state index in [0.29, 0.717) is 11.6 Å². The molecular weight excluding hydrogens is 230 g/mol. The van der Waals surface area contributed by atoms with E-state index < -0.39 is 5.54 Å². The molecule has 4 nitrogen and oxygen atoms in total. The molecule has 0 amide bonds. The molecule has 1 aliphatic rings. The number of aliphatic hydroxyl groups excluding tert-OH is 1. The fourth-order valence-electron chi connectivity index (χ4n) is 2.65. The third-order valence-corrected chi connectivity index (χ3v) is 3.73. The van der Waals surface area contributed by atoms with Crippen LogP contribution in [0.1, 0.15) is 38.2 Å². The van der Waals surface area contributed by atoms with Crippen molar-refractivity contribution in [2.75, 3.05) is 6.61 Å². The van der Waals surface area contributed by atoms with Gasteiger partial charge in [0.15, 0.2) is 0 Å². The maximum absolute atomic E-state index is 9.66. The zero-order valence-electron chi connectivity index (χ0n) is 10.7. The Morgan fingerprint density at radius 1 is 1.17 bits per heavy atom. The fraction of sp³-hybridized carbons (Fsp3) is 0.571. The molecule has 1 aromatic carbocycles. The SMILES string of the molecule is CC(CO)(NC1CCCC1)c1cc(O)cc(O)c1. The molecule has 1 fully saturated rings. The van der Waals surface area contributed by atoms with Gasteiger partial charge in [-0.05, 0) is 37.5 Å². The van der Waals surface area contributed by atoms with Crippen molar-refractivity contribution < 1.29 is 15.3 Å². The summed E-state index contributed by atoms with van der Waals surface area (Å²) in [5.41, 5.74) is 0.0694. The molecule has 100 valence electrons. The average molecular weight is 251 g/mol. The quantitative estimate of drug-likeness (QED) is 0.659. The molecule has 1 unspecified atom stereocenters. The van der Waals surface area contributed by atoms with Gasteiger partial charge in [0.05, 0.1) is 12.1 Å². The van der Waals surface area contributed by atoms with Crippen molar-refractivity contribution in [1.29, 1.82) is 0 Å². The van der Waals surface area contributed by atoms with Crippen LogP contribution < -0.4 is 5.32 Å². The van der Waals surface area contributed by atoms with Crippen molar-refractivity contribution in [3.8, 4) is 11.5 Å². The van der Waals surface area contributed by atoms with Crippen molar-refractivity contribution in [3.05, 3.63) is 23.8 Å². The molecule has 4 N–H and O–H groups in total. The Bertz CT molecular complexity index is 395. The fourth-order valence-corrected chi connectivity index (χ4v) is 2.65. The largest absolute Gasteiger partial charge is 0.508 e. The van der Waals surface area contributed by atoms with E-state index in [1.54, 1.807) is 12.1 Å². The highest BCUT2D eigenvalue weighted by Crippen LogP contribution is 2.30. The van der Waals surface area contributed by atoms with Crippen molar-refractivity contribution in [2.45, 2.75) is 44.2 Å². The zero-order chi connectivity index (χ0) is 13.2. The highest BCUT2D eigenvalue weighted by atomic mass is 16.3. The molecule has 0 radical (unpaired) electrons. The van der Waals surface area contributed by atoms with Gasteiger partial charge in [0.25, 0.3) is 0 Å². The van der Waals surface area contributed by atoms with Gasteiger partial charge in [-0.15, -0.1) is 0 Å². The maximum Gasteiger partial charge on any atom is 0.119 e. The molecule has 0 bridgehead atoms. The lowest BCUT2D eigenvalue weighted by molar-refractivity contribution is 0.161. The van der Waals surface area contributed by atoms with Crippen molar-refractivity contribution in [2.24, 2.45) is 0 Å². The van der Waals surface area contributed by atoms with Crippen LogP contribution >= 0.6 is 0 Å². The van der Waals surface area contributed by atoms with Crippen molar-refractivity contribution in [1.82, 2.24) is 5.32 Å². The number of aromatic hydroxyl groups is 2. The number of hydrogen-bond donors (Lipinski definition) is 4. The zero-order valence-corrected chi connectivity index (χ0v) is 10.7. The minimum absolute atomic E-state index is 0.0119. The minimum atomic E-state index is -0.634. The highest BCUT2D eigenvalue weighted by molar-refractivity contribution is 5.40. The van der Waals surface area contributed by atoms with Crippen LogP contribution in [0, 0.1) is 0 Å². The van der Waals surface area contributed by atoms with Crippen LogP contribution in [0.2, 0.25) is 0 Å². The summed E-state index contributed by atoms with van der Waals surface area (Å²) in [7, 11) is 0. The topological polar surface area (TPSA) is 72.7 Å². The Balaban J connectivity index is 2.23. The molecule has 0 aliphatic heterocycles. The van der Waals surface area contributed by atoms with Gasteiger partial charge in [-0.3, -0.25) is 0 Å². The smallest absolute Gasteiger partial charge is 0.119 e. The molecule has 2 rings (SSSR count). The lowest BCUT2D eigenvalue weighted by Crippen LogP contribution is -2.47. The Morgan fingerprint density at radius 2 is 1.72 bits per heavy atom. The van der Waals surface area contributed by atoms with Gasteiger partial charge in [-0.1, -0.05) is 12.8 Å². The number of benzene rings is 1.